The lowest BCUT2D eigenvalue weighted by atomic mass is 9.74. The Morgan fingerprint density at radius 2 is 1.80 bits per heavy atom. The average Bonchev–Trinajstić information content (AvgIpc) is 2.88. The smallest absolute Gasteiger partial charge is 0.227 e. The quantitative estimate of drug-likeness (QED) is 0.593. The van der Waals surface area contributed by atoms with E-state index in [1.807, 2.05) is 35.2 Å². The van der Waals surface area contributed by atoms with E-state index in [9.17, 15) is 9.90 Å². The van der Waals surface area contributed by atoms with Crippen LogP contribution in [0.4, 0.5) is 0 Å². The van der Waals surface area contributed by atoms with Crippen molar-refractivity contribution in [3.05, 3.63) is 84.2 Å². The second-order valence-corrected chi connectivity index (χ2v) is 9.51. The van der Waals surface area contributed by atoms with Crippen LogP contribution in [-0.4, -0.2) is 71.2 Å². The van der Waals surface area contributed by atoms with Crippen molar-refractivity contribution in [2.75, 3.05) is 33.4 Å². The number of rotatable bonds is 6. The molecule has 3 atom stereocenters. The van der Waals surface area contributed by atoms with Crippen LogP contribution >= 0.6 is 0 Å². The van der Waals surface area contributed by atoms with Crippen molar-refractivity contribution in [2.45, 2.75) is 37.3 Å². The van der Waals surface area contributed by atoms with Crippen LogP contribution in [0.2, 0.25) is 0 Å². The van der Waals surface area contributed by atoms with Gasteiger partial charge in [0.15, 0.2) is 0 Å². The molecule has 2 aromatic carbocycles. The summed E-state index contributed by atoms with van der Waals surface area (Å²) in [4.78, 5) is 21.7. The van der Waals surface area contributed by atoms with Gasteiger partial charge in [0.05, 0.1) is 20.1 Å². The average molecular weight is 472 g/mol. The molecule has 2 fully saturated rings. The lowest BCUT2D eigenvalue weighted by Gasteiger charge is -2.57. The fourth-order valence-corrected chi connectivity index (χ4v) is 5.65. The van der Waals surface area contributed by atoms with E-state index in [1.165, 1.54) is 5.56 Å². The molecule has 1 aromatic heterocycles. The van der Waals surface area contributed by atoms with Crippen LogP contribution in [0.1, 0.15) is 29.9 Å². The zero-order valence-corrected chi connectivity index (χ0v) is 20.2. The predicted molar refractivity (Wildman–Crippen MR) is 136 cm³/mol. The van der Waals surface area contributed by atoms with Gasteiger partial charge in [-0.25, -0.2) is 0 Å². The molecule has 2 saturated heterocycles. The highest BCUT2D eigenvalue weighted by Crippen LogP contribution is 2.42. The summed E-state index contributed by atoms with van der Waals surface area (Å²) in [7, 11) is 1.68. The minimum Gasteiger partial charge on any atom is -0.497 e. The molecular formula is C29H33N3O3. The summed E-state index contributed by atoms with van der Waals surface area (Å²) in [6, 6.07) is 20.9. The molecular weight excluding hydrogens is 438 g/mol. The van der Waals surface area contributed by atoms with E-state index < -0.39 is 0 Å². The van der Waals surface area contributed by atoms with Gasteiger partial charge in [-0.05, 0) is 65.9 Å². The molecule has 0 unspecified atom stereocenters. The Morgan fingerprint density at radius 1 is 1.03 bits per heavy atom. The maximum Gasteiger partial charge on any atom is 0.227 e. The van der Waals surface area contributed by atoms with Crippen LogP contribution in [-0.2, 0) is 11.2 Å². The SMILES string of the molecule is COc1cccc(-c2ccc([C@H]3[C@@H](CO)N4CCCCN(C(=O)Cc5ccncc5)C[C@@H]34)cc2)c1. The zero-order chi connectivity index (χ0) is 24.2. The Bertz CT molecular complexity index is 1140. The van der Waals surface area contributed by atoms with Crippen molar-refractivity contribution in [1.29, 1.82) is 0 Å². The fraction of sp³-hybridized carbons (Fsp3) is 0.379. The molecule has 2 aliphatic heterocycles. The van der Waals surface area contributed by atoms with Gasteiger partial charge in [0.1, 0.15) is 5.75 Å². The van der Waals surface area contributed by atoms with Crippen molar-refractivity contribution in [2.24, 2.45) is 0 Å². The van der Waals surface area contributed by atoms with Gasteiger partial charge in [0.2, 0.25) is 5.91 Å². The molecule has 0 spiro atoms. The number of methoxy groups -OCH3 is 1. The van der Waals surface area contributed by atoms with Crippen LogP contribution in [0.15, 0.2) is 73.1 Å². The van der Waals surface area contributed by atoms with Gasteiger partial charge in [-0.1, -0.05) is 36.4 Å². The number of ether oxygens (including phenoxy) is 1. The summed E-state index contributed by atoms with van der Waals surface area (Å²) < 4.78 is 5.37. The number of benzene rings is 2. The Balaban J connectivity index is 1.35. The lowest BCUT2D eigenvalue weighted by Crippen LogP contribution is -2.68. The molecule has 1 N–H and O–H groups in total. The minimum absolute atomic E-state index is 0.0953. The van der Waals surface area contributed by atoms with Crippen molar-refractivity contribution in [1.82, 2.24) is 14.8 Å². The van der Waals surface area contributed by atoms with Gasteiger partial charge in [0.25, 0.3) is 0 Å². The van der Waals surface area contributed by atoms with Gasteiger partial charge in [-0.2, -0.15) is 0 Å². The number of carbonyl (C=O) groups is 1. The molecule has 1 amide bonds. The first-order valence-corrected chi connectivity index (χ1v) is 12.5. The first kappa shape index (κ1) is 23.5. The van der Waals surface area contributed by atoms with Gasteiger partial charge in [-0.15, -0.1) is 0 Å². The number of hydrogen-bond donors (Lipinski definition) is 1. The number of aromatic nitrogens is 1. The molecule has 35 heavy (non-hydrogen) atoms. The maximum absolute atomic E-state index is 13.2. The first-order chi connectivity index (χ1) is 17.2. The first-order valence-electron chi connectivity index (χ1n) is 12.5. The van der Waals surface area contributed by atoms with Crippen LogP contribution in [0, 0.1) is 0 Å². The van der Waals surface area contributed by atoms with E-state index >= 15 is 0 Å². The summed E-state index contributed by atoms with van der Waals surface area (Å²) in [6.07, 6.45) is 5.90. The van der Waals surface area contributed by atoms with E-state index in [0.717, 1.165) is 48.4 Å². The highest BCUT2D eigenvalue weighted by atomic mass is 16.5. The predicted octanol–water partition coefficient (Wildman–Crippen LogP) is 3.75. The van der Waals surface area contributed by atoms with Crippen LogP contribution in [0.3, 0.4) is 0 Å². The number of aliphatic hydroxyl groups is 1. The maximum atomic E-state index is 13.2. The molecule has 0 saturated carbocycles. The van der Waals surface area contributed by atoms with E-state index in [1.54, 1.807) is 19.5 Å². The van der Waals surface area contributed by atoms with Crippen LogP contribution in [0.25, 0.3) is 11.1 Å². The van der Waals surface area contributed by atoms with Gasteiger partial charge >= 0.3 is 0 Å². The second kappa shape index (κ2) is 10.6. The highest BCUT2D eigenvalue weighted by molar-refractivity contribution is 5.78. The monoisotopic (exact) mass is 471 g/mol. The topological polar surface area (TPSA) is 65.9 Å². The molecule has 0 aliphatic carbocycles. The number of fused-ring (bicyclic) bond motifs is 1. The Hall–Kier alpha value is -3.22. The molecule has 182 valence electrons. The van der Waals surface area contributed by atoms with Gasteiger partial charge in [-0.3, -0.25) is 14.7 Å². The minimum atomic E-state index is 0.0953. The molecule has 3 aromatic rings. The summed E-state index contributed by atoms with van der Waals surface area (Å²) in [5, 5.41) is 10.2. The van der Waals surface area contributed by atoms with E-state index in [0.29, 0.717) is 13.0 Å². The molecule has 6 nitrogen and oxygen atoms in total. The number of pyridine rings is 1. The third kappa shape index (κ3) is 4.95. The van der Waals surface area contributed by atoms with E-state index in [-0.39, 0.29) is 30.5 Å². The van der Waals surface area contributed by atoms with Crippen molar-refractivity contribution in [3.63, 3.8) is 0 Å². The van der Waals surface area contributed by atoms with Crippen molar-refractivity contribution < 1.29 is 14.6 Å². The van der Waals surface area contributed by atoms with Crippen molar-refractivity contribution >= 4 is 5.91 Å². The molecule has 0 bridgehead atoms. The Morgan fingerprint density at radius 3 is 2.54 bits per heavy atom. The van der Waals surface area contributed by atoms with E-state index in [4.69, 9.17) is 4.74 Å². The zero-order valence-electron chi connectivity index (χ0n) is 20.2. The van der Waals surface area contributed by atoms with Crippen molar-refractivity contribution in [3.8, 4) is 16.9 Å². The number of aliphatic hydroxyl groups excluding tert-OH is 1. The fourth-order valence-electron chi connectivity index (χ4n) is 5.65. The second-order valence-electron chi connectivity index (χ2n) is 9.51. The van der Waals surface area contributed by atoms with Crippen LogP contribution in [0.5, 0.6) is 5.75 Å². The van der Waals surface area contributed by atoms with Gasteiger partial charge < -0.3 is 14.7 Å². The highest BCUT2D eigenvalue weighted by Gasteiger charge is 2.49. The molecule has 5 rings (SSSR count). The number of amides is 1. The van der Waals surface area contributed by atoms with E-state index in [2.05, 4.69) is 40.2 Å². The Kier molecular flexibility index (Phi) is 7.11. The molecule has 3 heterocycles. The number of nitrogens with zero attached hydrogens (tertiary/aromatic N) is 3. The number of carbonyl (C=O) groups excluding carboxylic acids is 1. The molecule has 6 heteroatoms. The summed E-state index contributed by atoms with van der Waals surface area (Å²) in [5.41, 5.74) is 4.47. The number of hydrogen-bond acceptors (Lipinski definition) is 5. The standard InChI is InChI=1S/C29H33N3O3/c1-35-25-6-4-5-24(18-25)22-7-9-23(10-8-22)29-26-19-31(15-2-3-16-32(26)27(29)20-33)28(34)17-21-11-13-30-14-12-21/h4-14,18,26-27,29,33H,2-3,15-17,19-20H2,1H3/t26-,27+,29+/m0/s1. The largest absolute Gasteiger partial charge is 0.497 e. The molecule has 0 radical (unpaired) electrons. The lowest BCUT2D eigenvalue weighted by molar-refractivity contribution is -0.135. The van der Waals surface area contributed by atoms with Gasteiger partial charge in [0, 0.05) is 43.5 Å². The summed E-state index contributed by atoms with van der Waals surface area (Å²) in [5.74, 6) is 1.21. The Labute approximate surface area is 207 Å². The molecule has 2 aliphatic rings. The third-order valence-electron chi connectivity index (χ3n) is 7.53. The van der Waals surface area contributed by atoms with Crippen LogP contribution < -0.4 is 4.74 Å². The normalized spacial score (nSPS) is 22.5. The third-order valence-corrected chi connectivity index (χ3v) is 7.53. The summed E-state index contributed by atoms with van der Waals surface area (Å²) in [6.45, 7) is 2.59. The summed E-state index contributed by atoms with van der Waals surface area (Å²) >= 11 is 0.